The Morgan fingerprint density at radius 1 is 1.41 bits per heavy atom. The Kier molecular flexibility index (Phi) is 6.68. The zero-order valence-electron chi connectivity index (χ0n) is 13.3. The molecule has 3 N–H and O–H groups in total. The minimum Gasteiger partial charge on any atom is -0.492 e. The summed E-state index contributed by atoms with van der Waals surface area (Å²) in [5.74, 6) is 0.869. The molecule has 0 aromatic heterocycles. The summed E-state index contributed by atoms with van der Waals surface area (Å²) in [6, 6.07) is 10.0. The molecule has 0 radical (unpaired) electrons. The van der Waals surface area contributed by atoms with Gasteiger partial charge in [0.1, 0.15) is 12.4 Å². The molecule has 1 amide bonds. The van der Waals surface area contributed by atoms with Crippen LogP contribution in [0.5, 0.6) is 5.75 Å². The monoisotopic (exact) mass is 305 g/mol. The van der Waals surface area contributed by atoms with Gasteiger partial charge < -0.3 is 15.8 Å². The fourth-order valence-electron chi connectivity index (χ4n) is 2.92. The fourth-order valence-corrected chi connectivity index (χ4v) is 2.92. The second-order valence-electron chi connectivity index (χ2n) is 5.90. The van der Waals surface area contributed by atoms with Crippen molar-refractivity contribution < 1.29 is 9.53 Å². The number of para-hydroxylation sites is 1. The number of likely N-dealkylation sites (tertiary alicyclic amines) is 1. The molecule has 0 bridgehead atoms. The van der Waals surface area contributed by atoms with E-state index in [0.717, 1.165) is 25.1 Å². The molecule has 0 spiro atoms. The van der Waals surface area contributed by atoms with Gasteiger partial charge in [-0.15, -0.1) is 0 Å². The van der Waals surface area contributed by atoms with Crippen molar-refractivity contribution in [3.63, 3.8) is 0 Å². The van der Waals surface area contributed by atoms with Gasteiger partial charge in [0, 0.05) is 12.1 Å². The van der Waals surface area contributed by atoms with Gasteiger partial charge in [-0.2, -0.15) is 0 Å². The molecule has 1 saturated heterocycles. The van der Waals surface area contributed by atoms with Gasteiger partial charge in [0.05, 0.1) is 13.1 Å². The summed E-state index contributed by atoms with van der Waals surface area (Å²) in [6.45, 7) is 4.41. The third-order valence-electron chi connectivity index (χ3n) is 4.05. The molecule has 0 aliphatic carbocycles. The molecule has 1 aromatic carbocycles. The van der Waals surface area contributed by atoms with Crippen LogP contribution in [0.25, 0.3) is 0 Å². The second kappa shape index (κ2) is 8.76. The topological polar surface area (TPSA) is 67.6 Å². The van der Waals surface area contributed by atoms with Crippen LogP contribution in [0.2, 0.25) is 0 Å². The molecule has 0 saturated carbocycles. The molecule has 2 unspecified atom stereocenters. The Bertz CT molecular complexity index is 450. The molecule has 1 aliphatic heterocycles. The minimum atomic E-state index is 0.0456. The molecule has 1 heterocycles. The summed E-state index contributed by atoms with van der Waals surface area (Å²) < 4.78 is 5.56. The normalized spacial score (nSPS) is 20.4. The van der Waals surface area contributed by atoms with Gasteiger partial charge in [-0.3, -0.25) is 9.69 Å². The van der Waals surface area contributed by atoms with Crippen molar-refractivity contribution in [2.75, 3.05) is 26.2 Å². The molecule has 1 aliphatic rings. The fraction of sp³-hybridized carbons (Fsp3) is 0.588. The maximum atomic E-state index is 12.0. The van der Waals surface area contributed by atoms with Crippen molar-refractivity contribution in [3.8, 4) is 5.75 Å². The van der Waals surface area contributed by atoms with E-state index in [-0.39, 0.29) is 11.9 Å². The van der Waals surface area contributed by atoms with E-state index in [4.69, 9.17) is 10.5 Å². The Hall–Kier alpha value is -1.59. The van der Waals surface area contributed by atoms with Crippen molar-refractivity contribution in [2.24, 2.45) is 5.73 Å². The summed E-state index contributed by atoms with van der Waals surface area (Å²) in [6.07, 6.45) is 3.44. The first-order chi connectivity index (χ1) is 10.7. The molecule has 2 rings (SSSR count). The van der Waals surface area contributed by atoms with E-state index < -0.39 is 0 Å². The maximum Gasteiger partial charge on any atom is 0.234 e. The van der Waals surface area contributed by atoms with Crippen LogP contribution in [-0.2, 0) is 4.79 Å². The Labute approximate surface area is 132 Å². The van der Waals surface area contributed by atoms with Crippen LogP contribution in [-0.4, -0.2) is 49.1 Å². The molecule has 1 aromatic rings. The maximum absolute atomic E-state index is 12.0. The summed E-state index contributed by atoms with van der Waals surface area (Å²) in [4.78, 5) is 14.3. The van der Waals surface area contributed by atoms with Crippen LogP contribution in [0, 0.1) is 0 Å². The van der Waals surface area contributed by atoms with E-state index in [0.29, 0.717) is 25.7 Å². The van der Waals surface area contributed by atoms with Gasteiger partial charge in [-0.05, 0) is 38.4 Å². The highest BCUT2D eigenvalue weighted by molar-refractivity contribution is 5.78. The highest BCUT2D eigenvalue weighted by atomic mass is 16.5. The summed E-state index contributed by atoms with van der Waals surface area (Å²) >= 11 is 0. The molecule has 2 atom stereocenters. The summed E-state index contributed by atoms with van der Waals surface area (Å²) in [5, 5.41) is 2.91. The Morgan fingerprint density at radius 3 is 2.91 bits per heavy atom. The average Bonchev–Trinajstić information content (AvgIpc) is 2.53. The van der Waals surface area contributed by atoms with Crippen LogP contribution in [0.1, 0.15) is 26.2 Å². The number of ether oxygens (including phenoxy) is 1. The molecule has 5 nitrogen and oxygen atoms in total. The zero-order chi connectivity index (χ0) is 15.8. The number of benzene rings is 1. The molecule has 5 heteroatoms. The molecule has 22 heavy (non-hydrogen) atoms. The predicted molar refractivity (Wildman–Crippen MR) is 87.8 cm³/mol. The average molecular weight is 305 g/mol. The van der Waals surface area contributed by atoms with Crippen molar-refractivity contribution in [1.29, 1.82) is 0 Å². The zero-order valence-corrected chi connectivity index (χ0v) is 13.3. The largest absolute Gasteiger partial charge is 0.492 e. The van der Waals surface area contributed by atoms with Gasteiger partial charge >= 0.3 is 0 Å². The molecule has 1 fully saturated rings. The van der Waals surface area contributed by atoms with E-state index in [1.54, 1.807) is 0 Å². The number of carbonyl (C=O) groups is 1. The number of hydrogen-bond acceptors (Lipinski definition) is 4. The number of amides is 1. The number of nitrogens with zero attached hydrogens (tertiary/aromatic N) is 1. The molecular weight excluding hydrogens is 278 g/mol. The summed E-state index contributed by atoms with van der Waals surface area (Å²) in [5.41, 5.74) is 6.03. The lowest BCUT2D eigenvalue weighted by atomic mass is 9.97. The van der Waals surface area contributed by atoms with E-state index in [1.165, 1.54) is 6.42 Å². The number of nitrogens with one attached hydrogen (secondary N) is 1. The van der Waals surface area contributed by atoms with Crippen LogP contribution in [0.15, 0.2) is 30.3 Å². The van der Waals surface area contributed by atoms with Crippen LogP contribution in [0.3, 0.4) is 0 Å². The smallest absolute Gasteiger partial charge is 0.234 e. The second-order valence-corrected chi connectivity index (χ2v) is 5.90. The number of hydrogen-bond donors (Lipinski definition) is 2. The third-order valence-corrected chi connectivity index (χ3v) is 4.05. The van der Waals surface area contributed by atoms with Crippen molar-refractivity contribution in [1.82, 2.24) is 10.2 Å². The highest BCUT2D eigenvalue weighted by Crippen LogP contribution is 2.18. The van der Waals surface area contributed by atoms with Crippen LogP contribution < -0.4 is 15.8 Å². The van der Waals surface area contributed by atoms with Gasteiger partial charge in [-0.25, -0.2) is 0 Å². The van der Waals surface area contributed by atoms with Crippen LogP contribution in [0.4, 0.5) is 0 Å². The lowest BCUT2D eigenvalue weighted by molar-refractivity contribution is -0.123. The predicted octanol–water partition coefficient (Wildman–Crippen LogP) is 1.38. The first-order valence-electron chi connectivity index (χ1n) is 8.11. The van der Waals surface area contributed by atoms with Crippen molar-refractivity contribution in [3.05, 3.63) is 30.3 Å². The lowest BCUT2D eigenvalue weighted by Crippen LogP contribution is -2.52. The van der Waals surface area contributed by atoms with Gasteiger partial charge in [0.15, 0.2) is 0 Å². The Balaban J connectivity index is 1.66. The number of nitrogens with two attached hydrogens (primary N) is 1. The first kappa shape index (κ1) is 16.8. The van der Waals surface area contributed by atoms with Crippen molar-refractivity contribution >= 4 is 5.91 Å². The number of carbonyl (C=O) groups excluding carboxylic acids is 1. The van der Waals surface area contributed by atoms with E-state index in [9.17, 15) is 4.79 Å². The molecule has 122 valence electrons. The third kappa shape index (κ3) is 5.31. The van der Waals surface area contributed by atoms with E-state index >= 15 is 0 Å². The Morgan fingerprint density at radius 2 is 2.18 bits per heavy atom. The van der Waals surface area contributed by atoms with Crippen molar-refractivity contribution in [2.45, 2.75) is 38.3 Å². The number of piperidine rings is 1. The minimum absolute atomic E-state index is 0.0456. The lowest BCUT2D eigenvalue weighted by Gasteiger charge is -2.37. The quantitative estimate of drug-likeness (QED) is 0.747. The number of rotatable bonds is 7. The van der Waals surface area contributed by atoms with Gasteiger partial charge in [0.2, 0.25) is 5.91 Å². The van der Waals surface area contributed by atoms with Crippen LogP contribution >= 0.6 is 0 Å². The SMILES string of the molecule is CC(N)C1CCCCN1CC(=O)NCCOc1ccccc1. The highest BCUT2D eigenvalue weighted by Gasteiger charge is 2.26. The van der Waals surface area contributed by atoms with E-state index in [1.807, 2.05) is 37.3 Å². The standard InChI is InChI=1S/C17H27N3O2/c1-14(18)16-9-5-6-11-20(16)13-17(21)19-10-12-22-15-7-3-2-4-8-15/h2-4,7-8,14,16H,5-6,9-13,18H2,1H3,(H,19,21). The van der Waals surface area contributed by atoms with E-state index in [2.05, 4.69) is 10.2 Å². The summed E-state index contributed by atoms with van der Waals surface area (Å²) in [7, 11) is 0. The van der Waals surface area contributed by atoms with Gasteiger partial charge in [-0.1, -0.05) is 24.6 Å². The first-order valence-corrected chi connectivity index (χ1v) is 8.11. The molecular formula is C17H27N3O2. The van der Waals surface area contributed by atoms with Gasteiger partial charge in [0.25, 0.3) is 0 Å².